The highest BCUT2D eigenvalue weighted by atomic mass is 35.5. The van der Waals surface area contributed by atoms with Crippen molar-refractivity contribution in [3.8, 4) is 0 Å². The predicted octanol–water partition coefficient (Wildman–Crippen LogP) is 3.78. The Morgan fingerprint density at radius 1 is 1.39 bits per heavy atom. The van der Waals surface area contributed by atoms with Crippen LogP contribution >= 0.6 is 22.9 Å². The van der Waals surface area contributed by atoms with Crippen LogP contribution in [0.3, 0.4) is 0 Å². The number of aryl methyl sites for hydroxylation is 1. The van der Waals surface area contributed by atoms with Crippen LogP contribution in [0.25, 0.3) is 0 Å². The molecule has 0 atom stereocenters. The third-order valence-electron chi connectivity index (χ3n) is 2.39. The summed E-state index contributed by atoms with van der Waals surface area (Å²) >= 11 is 7.23. The standard InChI is InChI=1S/C13H11ClFNOS/c1-8-2-4-10(18-8)7-16-13(17)11-5-3-9(14)6-12(11)15/h2-6H,7H2,1H3,(H,16,17). The summed E-state index contributed by atoms with van der Waals surface area (Å²) < 4.78 is 13.5. The molecule has 18 heavy (non-hydrogen) atoms. The summed E-state index contributed by atoms with van der Waals surface area (Å²) in [6, 6.07) is 7.93. The highest BCUT2D eigenvalue weighted by molar-refractivity contribution is 7.11. The number of benzene rings is 1. The van der Waals surface area contributed by atoms with Gasteiger partial charge in [-0.2, -0.15) is 0 Å². The Balaban J connectivity index is 2.03. The molecule has 94 valence electrons. The van der Waals surface area contributed by atoms with E-state index in [2.05, 4.69) is 5.32 Å². The topological polar surface area (TPSA) is 29.1 Å². The van der Waals surface area contributed by atoms with Gasteiger partial charge in [0.25, 0.3) is 5.91 Å². The molecule has 0 fully saturated rings. The Hall–Kier alpha value is -1.39. The van der Waals surface area contributed by atoms with Crippen molar-refractivity contribution in [1.82, 2.24) is 5.32 Å². The molecule has 0 saturated carbocycles. The molecule has 0 saturated heterocycles. The van der Waals surface area contributed by atoms with Crippen LogP contribution in [-0.4, -0.2) is 5.91 Å². The molecule has 0 bridgehead atoms. The molecule has 0 aliphatic heterocycles. The van der Waals surface area contributed by atoms with Gasteiger partial charge in [0.05, 0.1) is 12.1 Å². The van der Waals surface area contributed by atoms with E-state index in [4.69, 9.17) is 11.6 Å². The summed E-state index contributed by atoms with van der Waals surface area (Å²) in [7, 11) is 0. The normalized spacial score (nSPS) is 10.4. The zero-order valence-electron chi connectivity index (χ0n) is 9.67. The molecule has 0 radical (unpaired) electrons. The number of thiophene rings is 1. The number of carbonyl (C=O) groups is 1. The molecule has 0 unspecified atom stereocenters. The predicted molar refractivity (Wildman–Crippen MR) is 71.6 cm³/mol. The summed E-state index contributed by atoms with van der Waals surface area (Å²) in [5.74, 6) is -1.04. The fraction of sp³-hybridized carbons (Fsp3) is 0.154. The molecule has 1 amide bonds. The van der Waals surface area contributed by atoms with Crippen molar-refractivity contribution in [3.05, 3.63) is 56.5 Å². The van der Waals surface area contributed by atoms with Gasteiger partial charge in [0.1, 0.15) is 5.82 Å². The first-order valence-corrected chi connectivity index (χ1v) is 6.54. The zero-order valence-corrected chi connectivity index (χ0v) is 11.2. The molecule has 2 nitrogen and oxygen atoms in total. The first kappa shape index (κ1) is 13.1. The highest BCUT2D eigenvalue weighted by Crippen LogP contribution is 2.16. The molecule has 0 aliphatic rings. The fourth-order valence-electron chi connectivity index (χ4n) is 1.52. The van der Waals surface area contributed by atoms with Gasteiger partial charge >= 0.3 is 0 Å². The van der Waals surface area contributed by atoms with Crippen molar-refractivity contribution in [1.29, 1.82) is 0 Å². The van der Waals surface area contributed by atoms with Gasteiger partial charge in [-0.25, -0.2) is 4.39 Å². The first-order chi connectivity index (χ1) is 8.56. The van der Waals surface area contributed by atoms with Crippen LogP contribution in [0.5, 0.6) is 0 Å². The van der Waals surface area contributed by atoms with Crippen LogP contribution in [0.1, 0.15) is 20.1 Å². The van der Waals surface area contributed by atoms with Gasteiger partial charge in [0.15, 0.2) is 0 Å². The van der Waals surface area contributed by atoms with Crippen LogP contribution in [0.4, 0.5) is 4.39 Å². The highest BCUT2D eigenvalue weighted by Gasteiger charge is 2.11. The fourth-order valence-corrected chi connectivity index (χ4v) is 2.51. The number of hydrogen-bond acceptors (Lipinski definition) is 2. The average molecular weight is 284 g/mol. The maximum atomic E-state index is 13.5. The van der Waals surface area contributed by atoms with Gasteiger partial charge in [0.2, 0.25) is 0 Å². The lowest BCUT2D eigenvalue weighted by atomic mass is 10.2. The quantitative estimate of drug-likeness (QED) is 0.912. The van der Waals surface area contributed by atoms with Gasteiger partial charge in [-0.15, -0.1) is 11.3 Å². The number of hydrogen-bond donors (Lipinski definition) is 1. The van der Waals surface area contributed by atoms with Crippen molar-refractivity contribution in [2.24, 2.45) is 0 Å². The van der Waals surface area contributed by atoms with E-state index >= 15 is 0 Å². The maximum Gasteiger partial charge on any atom is 0.254 e. The van der Waals surface area contributed by atoms with E-state index in [-0.39, 0.29) is 10.6 Å². The van der Waals surface area contributed by atoms with E-state index in [0.29, 0.717) is 6.54 Å². The van der Waals surface area contributed by atoms with E-state index in [1.165, 1.54) is 17.0 Å². The minimum absolute atomic E-state index is 0.00711. The molecular formula is C13H11ClFNOS. The number of rotatable bonds is 3. The number of carbonyl (C=O) groups excluding carboxylic acids is 1. The molecule has 2 aromatic rings. The summed E-state index contributed by atoms with van der Waals surface area (Å²) in [4.78, 5) is 14.0. The second kappa shape index (κ2) is 5.50. The Labute approximate surface area is 113 Å². The van der Waals surface area contributed by atoms with Crippen molar-refractivity contribution >= 4 is 28.8 Å². The molecule has 1 N–H and O–H groups in total. The monoisotopic (exact) mass is 283 g/mol. The zero-order chi connectivity index (χ0) is 13.1. The average Bonchev–Trinajstić information content (AvgIpc) is 2.72. The van der Waals surface area contributed by atoms with Gasteiger partial charge in [-0.3, -0.25) is 4.79 Å². The maximum absolute atomic E-state index is 13.5. The number of nitrogens with one attached hydrogen (secondary N) is 1. The Bertz CT molecular complexity index is 582. The van der Waals surface area contributed by atoms with Crippen LogP contribution < -0.4 is 5.32 Å². The van der Waals surface area contributed by atoms with Crippen LogP contribution in [-0.2, 0) is 6.54 Å². The molecule has 1 aromatic carbocycles. The summed E-state index contributed by atoms with van der Waals surface area (Å²) in [5, 5.41) is 2.95. The summed E-state index contributed by atoms with van der Waals surface area (Å²) in [6.45, 7) is 2.40. The molecule has 2 rings (SSSR count). The largest absolute Gasteiger partial charge is 0.347 e. The number of amides is 1. The minimum atomic E-state index is -0.609. The Morgan fingerprint density at radius 3 is 2.78 bits per heavy atom. The second-order valence-corrected chi connectivity index (χ2v) is 5.63. The van der Waals surface area contributed by atoms with E-state index in [0.717, 1.165) is 10.9 Å². The van der Waals surface area contributed by atoms with Crippen molar-refractivity contribution in [3.63, 3.8) is 0 Å². The van der Waals surface area contributed by atoms with Crippen LogP contribution in [0, 0.1) is 12.7 Å². The molecule has 1 aromatic heterocycles. The van der Waals surface area contributed by atoms with Gasteiger partial charge < -0.3 is 5.32 Å². The molecule has 1 heterocycles. The van der Waals surface area contributed by atoms with E-state index in [9.17, 15) is 9.18 Å². The second-order valence-electron chi connectivity index (χ2n) is 3.82. The van der Waals surface area contributed by atoms with Gasteiger partial charge in [0, 0.05) is 14.8 Å². The van der Waals surface area contributed by atoms with Crippen molar-refractivity contribution < 1.29 is 9.18 Å². The van der Waals surface area contributed by atoms with Gasteiger partial charge in [-0.1, -0.05) is 11.6 Å². The van der Waals surface area contributed by atoms with Crippen molar-refractivity contribution in [2.75, 3.05) is 0 Å². The molecule has 0 aliphatic carbocycles. The third kappa shape index (κ3) is 3.09. The first-order valence-electron chi connectivity index (χ1n) is 5.35. The van der Waals surface area contributed by atoms with Gasteiger partial charge in [-0.05, 0) is 37.3 Å². The Morgan fingerprint density at radius 2 is 2.17 bits per heavy atom. The van der Waals surface area contributed by atoms with Crippen molar-refractivity contribution in [2.45, 2.75) is 13.5 Å². The minimum Gasteiger partial charge on any atom is -0.347 e. The van der Waals surface area contributed by atoms with E-state index < -0.39 is 11.7 Å². The summed E-state index contributed by atoms with van der Waals surface area (Å²) in [5.41, 5.74) is 0.00711. The van der Waals surface area contributed by atoms with Crippen LogP contribution in [0.15, 0.2) is 30.3 Å². The lowest BCUT2D eigenvalue weighted by Gasteiger charge is -2.05. The van der Waals surface area contributed by atoms with E-state index in [1.54, 1.807) is 11.3 Å². The number of halogens is 2. The lowest BCUT2D eigenvalue weighted by molar-refractivity contribution is 0.0947. The smallest absolute Gasteiger partial charge is 0.254 e. The molecule has 0 spiro atoms. The van der Waals surface area contributed by atoms with E-state index in [1.807, 2.05) is 19.1 Å². The molecule has 5 heteroatoms. The Kier molecular flexibility index (Phi) is 3.99. The lowest BCUT2D eigenvalue weighted by Crippen LogP contribution is -2.23. The summed E-state index contributed by atoms with van der Waals surface area (Å²) in [6.07, 6.45) is 0. The third-order valence-corrected chi connectivity index (χ3v) is 3.63. The van der Waals surface area contributed by atoms with Crippen LogP contribution in [0.2, 0.25) is 5.02 Å². The SMILES string of the molecule is Cc1ccc(CNC(=O)c2ccc(Cl)cc2F)s1. The molecular weight excluding hydrogens is 273 g/mol.